The van der Waals surface area contributed by atoms with Gasteiger partial charge in [0.25, 0.3) is 0 Å². The van der Waals surface area contributed by atoms with Crippen LogP contribution in [-0.4, -0.2) is 33.2 Å². The molecule has 0 aliphatic heterocycles. The van der Waals surface area contributed by atoms with E-state index >= 15 is 0 Å². The molecule has 1 aromatic heterocycles. The molecule has 29 heavy (non-hydrogen) atoms. The third kappa shape index (κ3) is 6.10. The summed E-state index contributed by atoms with van der Waals surface area (Å²) in [5.41, 5.74) is 1.83. The van der Waals surface area contributed by atoms with Gasteiger partial charge in [-0.1, -0.05) is 41.4 Å². The minimum Gasteiger partial charge on any atom is -0.495 e. The lowest BCUT2D eigenvalue weighted by Crippen LogP contribution is -2.35. The Hall–Kier alpha value is -2.28. The number of methoxy groups -OCH3 is 1. The third-order valence-electron chi connectivity index (χ3n) is 4.41. The van der Waals surface area contributed by atoms with Gasteiger partial charge in [0.05, 0.1) is 18.5 Å². The van der Waals surface area contributed by atoms with E-state index in [0.29, 0.717) is 22.4 Å². The molecule has 0 fully saturated rings. The van der Waals surface area contributed by atoms with Crippen molar-refractivity contribution < 1.29 is 4.74 Å². The maximum atomic E-state index is 6.37. The number of halogens is 2. The van der Waals surface area contributed by atoms with Crippen molar-refractivity contribution in [2.24, 2.45) is 0 Å². The van der Waals surface area contributed by atoms with Crippen LogP contribution in [0, 0.1) is 0 Å². The lowest BCUT2D eigenvalue weighted by molar-refractivity contribution is 0.396. The minimum absolute atomic E-state index is 0.526. The average molecular weight is 449 g/mol. The molecule has 0 radical (unpaired) electrons. The first-order valence-electron chi connectivity index (χ1n) is 9.15. The molecule has 2 aromatic carbocycles. The summed E-state index contributed by atoms with van der Waals surface area (Å²) < 4.78 is 7.26. The highest BCUT2D eigenvalue weighted by molar-refractivity contribution is 7.80. The molecule has 0 unspecified atom stereocenters. The lowest BCUT2D eigenvalue weighted by Gasteiger charge is -2.26. The summed E-state index contributed by atoms with van der Waals surface area (Å²) in [7, 11) is 1.59. The van der Waals surface area contributed by atoms with Gasteiger partial charge in [0.15, 0.2) is 5.11 Å². The maximum absolute atomic E-state index is 6.37. The van der Waals surface area contributed by atoms with Crippen molar-refractivity contribution >= 4 is 46.2 Å². The predicted molar refractivity (Wildman–Crippen MR) is 123 cm³/mol. The maximum Gasteiger partial charge on any atom is 0.173 e. The van der Waals surface area contributed by atoms with Gasteiger partial charge >= 0.3 is 0 Å². The molecule has 5 nitrogen and oxygen atoms in total. The Bertz CT molecular complexity index is 950. The van der Waals surface area contributed by atoms with Gasteiger partial charge in [-0.25, -0.2) is 4.98 Å². The van der Waals surface area contributed by atoms with Gasteiger partial charge < -0.3 is 19.5 Å². The molecule has 0 atom stereocenters. The minimum atomic E-state index is 0.526. The van der Waals surface area contributed by atoms with Gasteiger partial charge in [-0.2, -0.15) is 0 Å². The van der Waals surface area contributed by atoms with Gasteiger partial charge in [-0.05, 0) is 48.5 Å². The van der Waals surface area contributed by atoms with Crippen LogP contribution in [0.15, 0.2) is 61.2 Å². The molecule has 8 heteroatoms. The highest BCUT2D eigenvalue weighted by Gasteiger charge is 2.13. The molecular formula is C21H22Cl2N4OS. The van der Waals surface area contributed by atoms with E-state index in [9.17, 15) is 0 Å². The van der Waals surface area contributed by atoms with Crippen LogP contribution in [0.2, 0.25) is 10.0 Å². The molecule has 0 saturated heterocycles. The van der Waals surface area contributed by atoms with Gasteiger partial charge in [0, 0.05) is 42.7 Å². The van der Waals surface area contributed by atoms with Crippen molar-refractivity contribution in [1.82, 2.24) is 14.5 Å². The SMILES string of the molecule is COc1ccc(NC(=S)N(CCCn2ccnc2)Cc2ccccc2Cl)cc1Cl. The van der Waals surface area contributed by atoms with Crippen molar-refractivity contribution in [3.05, 3.63) is 76.8 Å². The summed E-state index contributed by atoms with van der Waals surface area (Å²) in [4.78, 5) is 6.19. The van der Waals surface area contributed by atoms with E-state index in [4.69, 9.17) is 40.2 Å². The van der Waals surface area contributed by atoms with Crippen LogP contribution in [0.4, 0.5) is 5.69 Å². The lowest BCUT2D eigenvalue weighted by atomic mass is 10.2. The molecular weight excluding hydrogens is 427 g/mol. The van der Waals surface area contributed by atoms with Crippen molar-refractivity contribution in [3.63, 3.8) is 0 Å². The summed E-state index contributed by atoms with van der Waals surface area (Å²) in [5.74, 6) is 0.622. The van der Waals surface area contributed by atoms with Crippen molar-refractivity contribution in [2.45, 2.75) is 19.5 Å². The first-order chi connectivity index (χ1) is 14.1. The number of aromatic nitrogens is 2. The number of hydrogen-bond donors (Lipinski definition) is 1. The molecule has 0 spiro atoms. The van der Waals surface area contributed by atoms with E-state index in [0.717, 1.165) is 35.8 Å². The largest absolute Gasteiger partial charge is 0.495 e. The second kappa shape index (κ2) is 10.5. The van der Waals surface area contributed by atoms with E-state index < -0.39 is 0 Å². The van der Waals surface area contributed by atoms with Crippen LogP contribution < -0.4 is 10.1 Å². The molecule has 1 N–H and O–H groups in total. The summed E-state index contributed by atoms with van der Waals surface area (Å²) in [6.45, 7) is 2.23. The average Bonchev–Trinajstić information content (AvgIpc) is 3.22. The second-order valence-corrected chi connectivity index (χ2v) is 7.65. The van der Waals surface area contributed by atoms with Gasteiger partial charge in [-0.3, -0.25) is 0 Å². The fourth-order valence-corrected chi connectivity index (χ4v) is 3.62. The Morgan fingerprint density at radius 1 is 1.21 bits per heavy atom. The quantitative estimate of drug-likeness (QED) is 0.461. The number of hydrogen-bond acceptors (Lipinski definition) is 3. The van der Waals surface area contributed by atoms with E-state index in [1.807, 2.05) is 53.5 Å². The number of nitrogens with one attached hydrogen (secondary N) is 1. The summed E-state index contributed by atoms with van der Waals surface area (Å²) >= 11 is 18.3. The van der Waals surface area contributed by atoms with Crippen LogP contribution >= 0.6 is 35.4 Å². The second-order valence-electron chi connectivity index (χ2n) is 6.45. The number of ether oxygens (including phenoxy) is 1. The van der Waals surface area contributed by atoms with Crippen LogP contribution in [0.5, 0.6) is 5.75 Å². The first kappa shape index (κ1) is 21.4. The molecule has 0 saturated carbocycles. The smallest absolute Gasteiger partial charge is 0.173 e. The van der Waals surface area contributed by atoms with Crippen LogP contribution in [0.3, 0.4) is 0 Å². The first-order valence-corrected chi connectivity index (χ1v) is 10.3. The number of rotatable bonds is 8. The predicted octanol–water partition coefficient (Wildman–Crippen LogP) is 5.49. The van der Waals surface area contributed by atoms with Crippen LogP contribution in [-0.2, 0) is 13.1 Å². The van der Waals surface area contributed by atoms with Crippen LogP contribution in [0.25, 0.3) is 0 Å². The highest BCUT2D eigenvalue weighted by Crippen LogP contribution is 2.27. The molecule has 3 aromatic rings. The summed E-state index contributed by atoms with van der Waals surface area (Å²) in [5, 5.41) is 5.13. The van der Waals surface area contributed by atoms with Gasteiger partial charge in [0.2, 0.25) is 0 Å². The summed E-state index contributed by atoms with van der Waals surface area (Å²) in [6, 6.07) is 13.3. The number of anilines is 1. The Morgan fingerprint density at radius 2 is 2.03 bits per heavy atom. The van der Waals surface area contributed by atoms with Gasteiger partial charge in [0.1, 0.15) is 5.75 Å². The van der Waals surface area contributed by atoms with E-state index in [1.165, 1.54) is 0 Å². The standard InChI is InChI=1S/C21H22Cl2N4OS/c1-28-20-8-7-17(13-19(20)23)25-21(29)27(11-4-10-26-12-9-24-15-26)14-16-5-2-3-6-18(16)22/h2-3,5-9,12-13,15H,4,10-11,14H2,1H3,(H,25,29). The third-order valence-corrected chi connectivity index (χ3v) is 5.44. The normalized spacial score (nSPS) is 10.6. The molecule has 152 valence electrons. The number of aryl methyl sites for hydroxylation is 1. The number of thiocarbonyl (C=S) groups is 1. The molecule has 0 aliphatic carbocycles. The monoisotopic (exact) mass is 448 g/mol. The van der Waals surface area contributed by atoms with Crippen molar-refractivity contribution in [1.29, 1.82) is 0 Å². The Morgan fingerprint density at radius 3 is 2.72 bits per heavy atom. The van der Waals surface area contributed by atoms with E-state index in [1.54, 1.807) is 19.4 Å². The topological polar surface area (TPSA) is 42.3 Å². The van der Waals surface area contributed by atoms with Crippen molar-refractivity contribution in [3.8, 4) is 5.75 Å². The molecule has 0 bridgehead atoms. The molecule has 0 aliphatic rings. The summed E-state index contributed by atoms with van der Waals surface area (Å²) in [6.07, 6.45) is 6.45. The number of imidazole rings is 1. The number of nitrogens with zero attached hydrogens (tertiary/aromatic N) is 3. The zero-order chi connectivity index (χ0) is 20.6. The van der Waals surface area contributed by atoms with Gasteiger partial charge in [-0.15, -0.1) is 0 Å². The Labute approximate surface area is 186 Å². The fourth-order valence-electron chi connectivity index (χ4n) is 2.89. The Kier molecular flexibility index (Phi) is 7.75. The van der Waals surface area contributed by atoms with Crippen molar-refractivity contribution in [2.75, 3.05) is 19.0 Å². The van der Waals surface area contributed by atoms with E-state index in [-0.39, 0.29) is 0 Å². The fraction of sp³-hybridized carbons (Fsp3) is 0.238. The van der Waals surface area contributed by atoms with Crippen LogP contribution in [0.1, 0.15) is 12.0 Å². The molecule has 3 rings (SSSR count). The molecule has 1 heterocycles. The molecule has 0 amide bonds. The zero-order valence-corrected chi connectivity index (χ0v) is 18.3. The number of benzene rings is 2. The Balaban J connectivity index is 1.70. The highest BCUT2D eigenvalue weighted by atomic mass is 35.5. The van der Waals surface area contributed by atoms with E-state index in [2.05, 4.69) is 15.2 Å². The zero-order valence-electron chi connectivity index (χ0n) is 16.0.